The third-order valence-electron chi connectivity index (χ3n) is 2.70. The molecule has 0 aliphatic carbocycles. The first-order valence-corrected chi connectivity index (χ1v) is 8.01. The van der Waals surface area contributed by atoms with Gasteiger partial charge < -0.3 is 15.4 Å². The SMILES string of the molecule is CCNc1cc(Nc2cc(OC)c(Br)cc2Br)nc(C)n1. The molecule has 2 rings (SSSR count). The number of aryl methyl sites for hydroxylation is 1. The van der Waals surface area contributed by atoms with Crippen molar-refractivity contribution in [1.29, 1.82) is 0 Å². The fourth-order valence-electron chi connectivity index (χ4n) is 1.82. The predicted octanol–water partition coefficient (Wildman–Crippen LogP) is 4.49. The summed E-state index contributed by atoms with van der Waals surface area (Å²) in [5, 5.41) is 6.46. The monoisotopic (exact) mass is 414 g/mol. The van der Waals surface area contributed by atoms with Crippen molar-refractivity contribution in [2.24, 2.45) is 0 Å². The molecule has 2 aromatic rings. The van der Waals surface area contributed by atoms with Crippen LogP contribution in [0.2, 0.25) is 0 Å². The Morgan fingerprint density at radius 1 is 1.10 bits per heavy atom. The molecule has 7 heteroatoms. The molecule has 0 saturated carbocycles. The summed E-state index contributed by atoms with van der Waals surface area (Å²) in [6.07, 6.45) is 0. The Morgan fingerprint density at radius 2 is 1.81 bits per heavy atom. The van der Waals surface area contributed by atoms with Gasteiger partial charge in [0.05, 0.1) is 17.3 Å². The summed E-state index contributed by atoms with van der Waals surface area (Å²) in [6, 6.07) is 5.70. The molecule has 0 amide bonds. The van der Waals surface area contributed by atoms with E-state index >= 15 is 0 Å². The third-order valence-corrected chi connectivity index (χ3v) is 3.98. The van der Waals surface area contributed by atoms with Crippen molar-refractivity contribution in [2.45, 2.75) is 13.8 Å². The molecule has 0 unspecified atom stereocenters. The highest BCUT2D eigenvalue weighted by atomic mass is 79.9. The van der Waals surface area contributed by atoms with Crippen LogP contribution in [-0.2, 0) is 0 Å². The van der Waals surface area contributed by atoms with E-state index in [-0.39, 0.29) is 0 Å². The maximum absolute atomic E-state index is 5.31. The molecule has 0 fully saturated rings. The number of hydrogen-bond donors (Lipinski definition) is 2. The van der Waals surface area contributed by atoms with Crippen LogP contribution in [-0.4, -0.2) is 23.6 Å². The van der Waals surface area contributed by atoms with Crippen LogP contribution in [0.25, 0.3) is 0 Å². The van der Waals surface area contributed by atoms with Crippen LogP contribution in [0.1, 0.15) is 12.7 Å². The van der Waals surface area contributed by atoms with Crippen molar-refractivity contribution in [2.75, 3.05) is 24.3 Å². The lowest BCUT2D eigenvalue weighted by Gasteiger charge is -2.13. The molecular formula is C14H16Br2N4O. The Balaban J connectivity index is 2.33. The molecule has 0 atom stereocenters. The third kappa shape index (κ3) is 4.07. The zero-order valence-electron chi connectivity index (χ0n) is 12.0. The molecular weight excluding hydrogens is 400 g/mol. The highest BCUT2D eigenvalue weighted by Crippen LogP contribution is 2.35. The van der Waals surface area contributed by atoms with Gasteiger partial charge in [0.2, 0.25) is 0 Å². The summed E-state index contributed by atoms with van der Waals surface area (Å²) in [5.41, 5.74) is 0.871. The Kier molecular flexibility index (Phi) is 5.41. The lowest BCUT2D eigenvalue weighted by molar-refractivity contribution is 0.412. The van der Waals surface area contributed by atoms with E-state index in [0.29, 0.717) is 5.82 Å². The van der Waals surface area contributed by atoms with Crippen LogP contribution in [0, 0.1) is 6.92 Å². The van der Waals surface area contributed by atoms with Crippen molar-refractivity contribution in [1.82, 2.24) is 9.97 Å². The minimum absolute atomic E-state index is 0.705. The summed E-state index contributed by atoms with van der Waals surface area (Å²) >= 11 is 6.98. The molecule has 0 radical (unpaired) electrons. The first-order valence-electron chi connectivity index (χ1n) is 6.43. The Hall–Kier alpha value is -1.34. The quantitative estimate of drug-likeness (QED) is 0.753. The molecule has 0 aliphatic heterocycles. The van der Waals surface area contributed by atoms with Crippen LogP contribution < -0.4 is 15.4 Å². The van der Waals surface area contributed by atoms with Gasteiger partial charge in [0.25, 0.3) is 0 Å². The fraction of sp³-hybridized carbons (Fsp3) is 0.286. The number of rotatable bonds is 5. The number of hydrogen-bond acceptors (Lipinski definition) is 5. The Bertz CT molecular complexity index is 649. The van der Waals surface area contributed by atoms with E-state index in [2.05, 4.69) is 52.5 Å². The van der Waals surface area contributed by atoms with Gasteiger partial charge in [-0.1, -0.05) is 0 Å². The minimum atomic E-state index is 0.705. The topological polar surface area (TPSA) is 59.1 Å². The number of ether oxygens (including phenoxy) is 1. The van der Waals surface area contributed by atoms with Crippen molar-refractivity contribution >= 4 is 49.2 Å². The van der Waals surface area contributed by atoms with Crippen molar-refractivity contribution in [3.63, 3.8) is 0 Å². The van der Waals surface area contributed by atoms with Gasteiger partial charge in [-0.15, -0.1) is 0 Å². The fourth-order valence-corrected chi connectivity index (χ4v) is 3.08. The van der Waals surface area contributed by atoms with E-state index in [0.717, 1.165) is 38.6 Å². The van der Waals surface area contributed by atoms with Crippen LogP contribution in [0.5, 0.6) is 5.75 Å². The molecule has 5 nitrogen and oxygen atoms in total. The van der Waals surface area contributed by atoms with Gasteiger partial charge in [0.15, 0.2) is 0 Å². The number of benzene rings is 1. The van der Waals surface area contributed by atoms with Crippen LogP contribution in [0.3, 0.4) is 0 Å². The largest absolute Gasteiger partial charge is 0.495 e. The second kappa shape index (κ2) is 7.09. The minimum Gasteiger partial charge on any atom is -0.495 e. The van der Waals surface area contributed by atoms with E-state index in [9.17, 15) is 0 Å². The van der Waals surface area contributed by atoms with E-state index in [4.69, 9.17) is 4.74 Å². The molecule has 0 spiro atoms. The van der Waals surface area contributed by atoms with Crippen molar-refractivity contribution < 1.29 is 4.74 Å². The first-order chi connectivity index (χ1) is 10.0. The van der Waals surface area contributed by atoms with Gasteiger partial charge in [0, 0.05) is 23.2 Å². The highest BCUT2D eigenvalue weighted by molar-refractivity contribution is 9.11. The maximum Gasteiger partial charge on any atom is 0.136 e. The van der Waals surface area contributed by atoms with Crippen molar-refractivity contribution in [3.05, 3.63) is 33.0 Å². The smallest absolute Gasteiger partial charge is 0.136 e. The number of nitrogens with one attached hydrogen (secondary N) is 2. The molecule has 1 heterocycles. The summed E-state index contributed by atoms with van der Waals surface area (Å²) in [7, 11) is 1.63. The number of methoxy groups -OCH3 is 1. The average Bonchev–Trinajstić information content (AvgIpc) is 2.41. The summed E-state index contributed by atoms with van der Waals surface area (Å²) in [4.78, 5) is 8.72. The van der Waals surface area contributed by atoms with E-state index in [1.54, 1.807) is 7.11 Å². The first kappa shape index (κ1) is 16.0. The second-order valence-electron chi connectivity index (χ2n) is 4.31. The number of aromatic nitrogens is 2. The van der Waals surface area contributed by atoms with Crippen molar-refractivity contribution in [3.8, 4) is 5.75 Å². The van der Waals surface area contributed by atoms with Gasteiger partial charge >= 0.3 is 0 Å². The molecule has 0 bridgehead atoms. The summed E-state index contributed by atoms with van der Waals surface area (Å²) < 4.78 is 7.11. The van der Waals surface area contributed by atoms with Gasteiger partial charge in [-0.05, 0) is 51.8 Å². The molecule has 21 heavy (non-hydrogen) atoms. The van der Waals surface area contributed by atoms with Gasteiger partial charge in [-0.2, -0.15) is 0 Å². The zero-order chi connectivity index (χ0) is 15.4. The molecule has 0 saturated heterocycles. The van der Waals surface area contributed by atoms with Crippen LogP contribution in [0.15, 0.2) is 27.1 Å². The highest BCUT2D eigenvalue weighted by Gasteiger charge is 2.09. The Morgan fingerprint density at radius 3 is 2.48 bits per heavy atom. The zero-order valence-corrected chi connectivity index (χ0v) is 15.2. The Labute approximate surface area is 140 Å². The van der Waals surface area contributed by atoms with Gasteiger partial charge in [0.1, 0.15) is 23.2 Å². The lowest BCUT2D eigenvalue weighted by Crippen LogP contribution is -2.04. The number of halogens is 2. The summed E-state index contributed by atoms with van der Waals surface area (Å²) in [5.74, 6) is 2.98. The number of anilines is 3. The standard InChI is InChI=1S/C14H16Br2N4O/c1-4-17-13-7-14(19-8(2)18-13)20-11-6-12(21-3)10(16)5-9(11)15/h5-7H,4H2,1-3H3,(H2,17,18,19,20). The van der Waals surface area contributed by atoms with Gasteiger partial charge in [-0.25, -0.2) is 9.97 Å². The maximum atomic E-state index is 5.31. The van der Waals surface area contributed by atoms with Gasteiger partial charge in [-0.3, -0.25) is 0 Å². The lowest BCUT2D eigenvalue weighted by atomic mass is 10.3. The molecule has 112 valence electrons. The molecule has 0 aliphatic rings. The molecule has 2 N–H and O–H groups in total. The number of nitrogens with zero attached hydrogens (tertiary/aromatic N) is 2. The molecule has 1 aromatic heterocycles. The normalized spacial score (nSPS) is 10.3. The summed E-state index contributed by atoms with van der Waals surface area (Å²) in [6.45, 7) is 4.70. The van der Waals surface area contributed by atoms with Crippen LogP contribution >= 0.6 is 31.9 Å². The second-order valence-corrected chi connectivity index (χ2v) is 6.02. The van der Waals surface area contributed by atoms with Crippen LogP contribution in [0.4, 0.5) is 17.3 Å². The van der Waals surface area contributed by atoms with E-state index < -0.39 is 0 Å². The van der Waals surface area contributed by atoms with E-state index in [1.165, 1.54) is 0 Å². The van der Waals surface area contributed by atoms with E-state index in [1.807, 2.05) is 32.0 Å². The molecule has 1 aromatic carbocycles. The average molecular weight is 416 g/mol. The predicted molar refractivity (Wildman–Crippen MR) is 92.6 cm³/mol.